The van der Waals surface area contributed by atoms with Crippen molar-refractivity contribution in [3.63, 3.8) is 0 Å². The van der Waals surface area contributed by atoms with Gasteiger partial charge in [0, 0.05) is 30.3 Å². The summed E-state index contributed by atoms with van der Waals surface area (Å²) in [6.45, 7) is 2.77. The highest BCUT2D eigenvalue weighted by Gasteiger charge is 2.12. The van der Waals surface area contributed by atoms with Gasteiger partial charge in [-0.15, -0.1) is 0 Å². The van der Waals surface area contributed by atoms with Gasteiger partial charge in [0.15, 0.2) is 0 Å². The Kier molecular flexibility index (Phi) is 4.32. The number of para-hydroxylation sites is 1. The molecule has 2 rings (SSSR count). The van der Waals surface area contributed by atoms with E-state index in [0.29, 0.717) is 18.7 Å². The van der Waals surface area contributed by atoms with Crippen LogP contribution in [0.25, 0.3) is 0 Å². The van der Waals surface area contributed by atoms with E-state index in [-0.39, 0.29) is 16.4 Å². The predicted octanol–water partition coefficient (Wildman–Crippen LogP) is 2.90. The zero-order chi connectivity index (χ0) is 14.5. The second-order valence-electron chi connectivity index (χ2n) is 4.55. The smallest absolute Gasteiger partial charge is 0.272 e. The van der Waals surface area contributed by atoms with Crippen molar-refractivity contribution in [3.05, 3.63) is 69.3 Å². The maximum Gasteiger partial charge on any atom is 0.272 e. The molecule has 0 aliphatic carbocycles. The number of nitro benzene ring substituents is 1. The summed E-state index contributed by atoms with van der Waals surface area (Å²) in [6, 6.07) is 12.1. The Morgan fingerprint density at radius 1 is 1.10 bits per heavy atom. The molecule has 5 heteroatoms. The van der Waals surface area contributed by atoms with Gasteiger partial charge in [-0.2, -0.15) is 0 Å². The van der Waals surface area contributed by atoms with Crippen molar-refractivity contribution < 1.29 is 10.0 Å². The zero-order valence-corrected chi connectivity index (χ0v) is 11.2. The van der Waals surface area contributed by atoms with Crippen LogP contribution in [0.1, 0.15) is 16.7 Å². The van der Waals surface area contributed by atoms with Crippen molar-refractivity contribution >= 4 is 5.69 Å². The van der Waals surface area contributed by atoms with E-state index in [2.05, 4.69) is 5.32 Å². The Balaban J connectivity index is 2.03. The molecule has 0 amide bonds. The second-order valence-corrected chi connectivity index (χ2v) is 4.55. The fourth-order valence-electron chi connectivity index (χ4n) is 2.05. The summed E-state index contributed by atoms with van der Waals surface area (Å²) in [5, 5.41) is 23.7. The number of phenolic OH excluding ortho intramolecular Hbond substituents is 1. The van der Waals surface area contributed by atoms with E-state index in [1.54, 1.807) is 25.1 Å². The molecule has 0 saturated heterocycles. The van der Waals surface area contributed by atoms with Crippen LogP contribution in [-0.4, -0.2) is 10.0 Å². The van der Waals surface area contributed by atoms with E-state index in [0.717, 1.165) is 11.1 Å². The normalized spacial score (nSPS) is 10.4. The lowest BCUT2D eigenvalue weighted by Crippen LogP contribution is -2.14. The summed E-state index contributed by atoms with van der Waals surface area (Å²) in [5.41, 5.74) is 2.49. The quantitative estimate of drug-likeness (QED) is 0.648. The average Bonchev–Trinajstić information content (AvgIpc) is 2.42. The predicted molar refractivity (Wildman–Crippen MR) is 76.5 cm³/mol. The molecule has 2 N–H and O–H groups in total. The minimum absolute atomic E-state index is 0.131. The zero-order valence-electron chi connectivity index (χ0n) is 11.2. The molecule has 0 atom stereocenters. The number of hydrogen-bond donors (Lipinski definition) is 2. The lowest BCUT2D eigenvalue weighted by atomic mass is 10.1. The summed E-state index contributed by atoms with van der Waals surface area (Å²) in [4.78, 5) is 10.5. The highest BCUT2D eigenvalue weighted by Crippen LogP contribution is 2.21. The van der Waals surface area contributed by atoms with Crippen LogP contribution in [0.4, 0.5) is 5.69 Å². The van der Waals surface area contributed by atoms with Gasteiger partial charge in [-0.25, -0.2) is 0 Å². The van der Waals surface area contributed by atoms with Gasteiger partial charge in [-0.05, 0) is 18.6 Å². The van der Waals surface area contributed by atoms with Crippen LogP contribution in [0, 0.1) is 17.0 Å². The van der Waals surface area contributed by atoms with E-state index in [1.807, 2.05) is 18.2 Å². The van der Waals surface area contributed by atoms with Crippen molar-refractivity contribution in [2.24, 2.45) is 0 Å². The van der Waals surface area contributed by atoms with Gasteiger partial charge in [0.05, 0.1) is 4.92 Å². The summed E-state index contributed by atoms with van der Waals surface area (Å²) in [5.74, 6) is 0.246. The Morgan fingerprint density at radius 3 is 2.45 bits per heavy atom. The molecule has 0 aromatic heterocycles. The number of aromatic hydroxyl groups is 1. The van der Waals surface area contributed by atoms with E-state index in [1.165, 1.54) is 6.07 Å². The van der Waals surface area contributed by atoms with Crippen LogP contribution in [0.5, 0.6) is 5.75 Å². The molecule has 2 aromatic rings. The lowest BCUT2D eigenvalue weighted by Gasteiger charge is -2.09. The third kappa shape index (κ3) is 3.13. The first-order chi connectivity index (χ1) is 9.59. The monoisotopic (exact) mass is 272 g/mol. The average molecular weight is 272 g/mol. The molecular formula is C15H16N2O3. The molecule has 0 heterocycles. The first-order valence-electron chi connectivity index (χ1n) is 6.30. The number of rotatable bonds is 5. The third-order valence-corrected chi connectivity index (χ3v) is 3.24. The largest absolute Gasteiger partial charge is 0.508 e. The van der Waals surface area contributed by atoms with Crippen LogP contribution >= 0.6 is 0 Å². The number of phenols is 1. The molecule has 0 fully saturated rings. The molecule has 104 valence electrons. The van der Waals surface area contributed by atoms with Crippen LogP contribution in [-0.2, 0) is 13.1 Å². The molecule has 0 bridgehead atoms. The van der Waals surface area contributed by atoms with E-state index in [4.69, 9.17) is 0 Å². The van der Waals surface area contributed by atoms with Gasteiger partial charge in [-0.1, -0.05) is 30.3 Å². The fraction of sp³-hybridized carbons (Fsp3) is 0.200. The number of nitrogens with one attached hydrogen (secondary N) is 1. The van der Waals surface area contributed by atoms with Gasteiger partial charge in [-0.3, -0.25) is 10.1 Å². The summed E-state index contributed by atoms with van der Waals surface area (Å²) in [7, 11) is 0. The van der Waals surface area contributed by atoms with Crippen LogP contribution in [0.3, 0.4) is 0 Å². The molecular weight excluding hydrogens is 256 g/mol. The van der Waals surface area contributed by atoms with Crippen molar-refractivity contribution in [1.29, 1.82) is 0 Å². The summed E-state index contributed by atoms with van der Waals surface area (Å²) < 4.78 is 0. The Labute approximate surface area is 117 Å². The minimum Gasteiger partial charge on any atom is -0.508 e. The Hall–Kier alpha value is -2.40. The SMILES string of the molecule is Cc1c(CNCc2ccccc2O)cccc1[N+](=O)[O-]. The molecule has 0 aliphatic rings. The fourth-order valence-corrected chi connectivity index (χ4v) is 2.05. The lowest BCUT2D eigenvalue weighted by molar-refractivity contribution is -0.385. The maximum absolute atomic E-state index is 10.9. The minimum atomic E-state index is -0.373. The molecule has 2 aromatic carbocycles. The first kappa shape index (κ1) is 14.0. The third-order valence-electron chi connectivity index (χ3n) is 3.24. The van der Waals surface area contributed by atoms with Crippen molar-refractivity contribution in [2.75, 3.05) is 0 Å². The van der Waals surface area contributed by atoms with Gasteiger partial charge in [0.25, 0.3) is 5.69 Å². The second kappa shape index (κ2) is 6.16. The topological polar surface area (TPSA) is 75.4 Å². The molecule has 0 spiro atoms. The van der Waals surface area contributed by atoms with E-state index in [9.17, 15) is 15.2 Å². The van der Waals surface area contributed by atoms with Crippen molar-refractivity contribution in [2.45, 2.75) is 20.0 Å². The van der Waals surface area contributed by atoms with Gasteiger partial charge in [0.2, 0.25) is 0 Å². The molecule has 20 heavy (non-hydrogen) atoms. The van der Waals surface area contributed by atoms with Gasteiger partial charge < -0.3 is 10.4 Å². The number of hydrogen-bond acceptors (Lipinski definition) is 4. The standard InChI is InChI=1S/C15H16N2O3/c1-11-12(6-4-7-14(11)17(19)20)9-16-10-13-5-2-3-8-15(13)18/h2-8,16,18H,9-10H2,1H3. The number of benzene rings is 2. The van der Waals surface area contributed by atoms with E-state index >= 15 is 0 Å². The summed E-state index contributed by atoms with van der Waals surface area (Å²) >= 11 is 0. The maximum atomic E-state index is 10.9. The first-order valence-corrected chi connectivity index (χ1v) is 6.30. The Morgan fingerprint density at radius 2 is 1.75 bits per heavy atom. The highest BCUT2D eigenvalue weighted by molar-refractivity contribution is 5.44. The van der Waals surface area contributed by atoms with Gasteiger partial charge in [0.1, 0.15) is 5.75 Å². The van der Waals surface area contributed by atoms with Crippen LogP contribution in [0.15, 0.2) is 42.5 Å². The Bertz CT molecular complexity index is 626. The molecule has 0 unspecified atom stereocenters. The molecule has 5 nitrogen and oxygen atoms in total. The van der Waals surface area contributed by atoms with Crippen LogP contribution < -0.4 is 5.32 Å². The molecule has 0 radical (unpaired) electrons. The van der Waals surface area contributed by atoms with Crippen molar-refractivity contribution in [3.8, 4) is 5.75 Å². The number of nitro groups is 1. The number of nitrogens with zero attached hydrogens (tertiary/aromatic N) is 1. The van der Waals surface area contributed by atoms with Crippen LogP contribution in [0.2, 0.25) is 0 Å². The highest BCUT2D eigenvalue weighted by atomic mass is 16.6. The molecule has 0 aliphatic heterocycles. The molecule has 0 saturated carbocycles. The summed E-state index contributed by atoms with van der Waals surface area (Å²) in [6.07, 6.45) is 0. The van der Waals surface area contributed by atoms with Gasteiger partial charge >= 0.3 is 0 Å². The van der Waals surface area contributed by atoms with Crippen molar-refractivity contribution in [1.82, 2.24) is 5.32 Å². The van der Waals surface area contributed by atoms with E-state index < -0.39 is 0 Å².